The Labute approximate surface area is 300 Å². The van der Waals surface area contributed by atoms with Crippen molar-refractivity contribution in [2.24, 2.45) is 0 Å². The van der Waals surface area contributed by atoms with Gasteiger partial charge in [0.25, 0.3) is 0 Å². The molecule has 0 aliphatic carbocycles. The number of hydrogen-bond acceptors (Lipinski definition) is 5. The summed E-state index contributed by atoms with van der Waals surface area (Å²) in [6.45, 7) is 7.88. The van der Waals surface area contributed by atoms with Gasteiger partial charge in [0, 0.05) is 20.1 Å². The van der Waals surface area contributed by atoms with Crippen molar-refractivity contribution >= 4 is 5.97 Å². The molecule has 0 aromatic carbocycles. The van der Waals surface area contributed by atoms with Crippen molar-refractivity contribution < 1.29 is 19.0 Å². The normalized spacial score (nSPS) is 13.3. The first-order valence-corrected chi connectivity index (χ1v) is 20.9. The third kappa shape index (κ3) is 34.7. The molecule has 0 saturated carbocycles. The zero-order valence-corrected chi connectivity index (χ0v) is 33.0. The van der Waals surface area contributed by atoms with E-state index in [0.717, 1.165) is 19.4 Å². The molecule has 0 rings (SSSR count). The Morgan fingerprint density at radius 2 is 0.875 bits per heavy atom. The number of carbonyl (C=O) groups is 1. The molecule has 0 aliphatic rings. The number of esters is 1. The van der Waals surface area contributed by atoms with Gasteiger partial charge < -0.3 is 14.2 Å². The smallest absolute Gasteiger partial charge is 0.304 e. The van der Waals surface area contributed by atoms with Gasteiger partial charge in [-0.05, 0) is 78.3 Å². The van der Waals surface area contributed by atoms with Crippen molar-refractivity contribution in [1.29, 1.82) is 0 Å². The Balaban J connectivity index is 3.95. The molecule has 0 fully saturated rings. The van der Waals surface area contributed by atoms with Crippen LogP contribution in [0, 0.1) is 0 Å². The number of rotatable bonds is 38. The molecule has 0 heterocycles. The molecule has 0 aromatic rings. The highest BCUT2D eigenvalue weighted by atomic mass is 16.6. The van der Waals surface area contributed by atoms with E-state index in [1.54, 1.807) is 0 Å². The molecule has 0 bridgehead atoms. The molecule has 0 saturated heterocycles. The minimum Gasteiger partial charge on any atom is -0.444 e. The maximum atomic E-state index is 11.8. The van der Waals surface area contributed by atoms with Gasteiger partial charge in [-0.15, -0.1) is 0 Å². The van der Waals surface area contributed by atoms with Crippen molar-refractivity contribution in [3.05, 3.63) is 24.3 Å². The van der Waals surface area contributed by atoms with Gasteiger partial charge in [0.1, 0.15) is 6.10 Å². The van der Waals surface area contributed by atoms with Crippen LogP contribution in [0.5, 0.6) is 0 Å². The summed E-state index contributed by atoms with van der Waals surface area (Å²) in [4.78, 5) is 13.7. The van der Waals surface area contributed by atoms with E-state index in [4.69, 9.17) is 14.2 Å². The second kappa shape index (κ2) is 38.6. The molecule has 284 valence electrons. The lowest BCUT2D eigenvalue weighted by Gasteiger charge is -2.31. The summed E-state index contributed by atoms with van der Waals surface area (Å²) in [5.41, 5.74) is 0. The van der Waals surface area contributed by atoms with Crippen molar-refractivity contribution in [3.8, 4) is 0 Å². The second-order valence-electron chi connectivity index (χ2n) is 14.3. The fourth-order valence-corrected chi connectivity index (χ4v) is 6.13. The van der Waals surface area contributed by atoms with E-state index < -0.39 is 6.23 Å². The maximum absolute atomic E-state index is 11.8. The summed E-state index contributed by atoms with van der Waals surface area (Å²) in [5.74, 6) is -0.284. The Kier molecular flexibility index (Phi) is 37.7. The molecule has 0 spiro atoms. The van der Waals surface area contributed by atoms with Crippen LogP contribution in [0.25, 0.3) is 0 Å². The molecular weight excluding hydrogens is 594 g/mol. The molecule has 0 amide bonds. The van der Waals surface area contributed by atoms with Crippen molar-refractivity contribution in [3.63, 3.8) is 0 Å². The monoisotopic (exact) mass is 678 g/mol. The Bertz CT molecular complexity index is 707. The van der Waals surface area contributed by atoms with Gasteiger partial charge in [0.15, 0.2) is 6.23 Å². The molecule has 5 heteroatoms. The van der Waals surface area contributed by atoms with Crippen LogP contribution in [-0.2, 0) is 19.0 Å². The van der Waals surface area contributed by atoms with E-state index in [1.165, 1.54) is 174 Å². The number of ether oxygens (including phenoxy) is 3. The first-order chi connectivity index (χ1) is 23.5. The predicted octanol–water partition coefficient (Wildman–Crippen LogP) is 12.9. The first kappa shape index (κ1) is 46.8. The molecule has 0 radical (unpaired) electrons. The topological polar surface area (TPSA) is 48.0 Å². The molecule has 48 heavy (non-hydrogen) atoms. The fourth-order valence-electron chi connectivity index (χ4n) is 6.13. The summed E-state index contributed by atoms with van der Waals surface area (Å²) in [7, 11) is 3.86. The molecule has 0 aliphatic heterocycles. The van der Waals surface area contributed by atoms with Gasteiger partial charge in [-0.3, -0.25) is 9.69 Å². The van der Waals surface area contributed by atoms with Crippen LogP contribution >= 0.6 is 0 Å². The van der Waals surface area contributed by atoms with Crippen LogP contribution in [0.3, 0.4) is 0 Å². The van der Waals surface area contributed by atoms with Crippen LogP contribution in [0.1, 0.15) is 201 Å². The summed E-state index contributed by atoms with van der Waals surface area (Å²) in [6, 6.07) is 0. The zero-order chi connectivity index (χ0) is 35.2. The lowest BCUT2D eigenvalue weighted by atomic mass is 10.1. The maximum Gasteiger partial charge on any atom is 0.304 e. The van der Waals surface area contributed by atoms with E-state index in [2.05, 4.69) is 38.2 Å². The number of hydrogen-bond donors (Lipinski definition) is 0. The summed E-state index contributed by atoms with van der Waals surface area (Å²) in [6.07, 6.45) is 45.2. The first-order valence-electron chi connectivity index (χ1n) is 20.9. The number of unbranched alkanes of at least 4 members (excludes halogenated alkanes) is 24. The third-order valence-corrected chi connectivity index (χ3v) is 9.18. The van der Waals surface area contributed by atoms with Gasteiger partial charge in [-0.25, -0.2) is 0 Å². The standard InChI is InChI=1S/C43H83NO4/c1-6-8-10-12-14-16-18-20-22-24-26-28-30-32-34-36-38-46-40-42(43(44(4)5)48-41(3)45)47-39-37-35-33-31-29-27-25-23-21-19-17-15-13-11-9-7-2/h20-23,42-43H,6-19,24-40H2,1-5H3/b22-20-,23-21-. The van der Waals surface area contributed by atoms with Crippen LogP contribution in [0.4, 0.5) is 0 Å². The summed E-state index contributed by atoms with van der Waals surface area (Å²) < 4.78 is 17.9. The van der Waals surface area contributed by atoms with Gasteiger partial charge in [-0.2, -0.15) is 0 Å². The van der Waals surface area contributed by atoms with E-state index >= 15 is 0 Å². The molecule has 5 nitrogen and oxygen atoms in total. The van der Waals surface area contributed by atoms with Crippen molar-refractivity contribution in [2.75, 3.05) is 33.9 Å². The van der Waals surface area contributed by atoms with Gasteiger partial charge in [0.05, 0.1) is 6.61 Å². The Morgan fingerprint density at radius 1 is 0.521 bits per heavy atom. The highest BCUT2D eigenvalue weighted by Crippen LogP contribution is 2.14. The van der Waals surface area contributed by atoms with E-state index in [0.29, 0.717) is 13.2 Å². The quantitative estimate of drug-likeness (QED) is 0.0282. The van der Waals surface area contributed by atoms with E-state index in [9.17, 15) is 4.79 Å². The molecule has 0 aromatic heterocycles. The van der Waals surface area contributed by atoms with Crippen LogP contribution in [-0.4, -0.2) is 57.1 Å². The molecule has 2 atom stereocenters. The highest BCUT2D eigenvalue weighted by molar-refractivity contribution is 5.66. The largest absolute Gasteiger partial charge is 0.444 e. The van der Waals surface area contributed by atoms with Crippen molar-refractivity contribution in [2.45, 2.75) is 213 Å². The van der Waals surface area contributed by atoms with Crippen LogP contribution in [0.15, 0.2) is 24.3 Å². The number of allylic oxidation sites excluding steroid dienone is 4. The van der Waals surface area contributed by atoms with E-state index in [-0.39, 0.29) is 12.1 Å². The average molecular weight is 678 g/mol. The van der Waals surface area contributed by atoms with Gasteiger partial charge >= 0.3 is 5.97 Å². The fraction of sp³-hybridized carbons (Fsp3) is 0.884. The molecular formula is C43H83NO4. The predicted molar refractivity (Wildman–Crippen MR) is 209 cm³/mol. The van der Waals surface area contributed by atoms with Crippen LogP contribution in [0.2, 0.25) is 0 Å². The highest BCUT2D eigenvalue weighted by Gasteiger charge is 2.27. The third-order valence-electron chi connectivity index (χ3n) is 9.18. The zero-order valence-electron chi connectivity index (χ0n) is 33.0. The summed E-state index contributed by atoms with van der Waals surface area (Å²) in [5, 5.41) is 0. The minimum absolute atomic E-state index is 0.277. The average Bonchev–Trinajstić information content (AvgIpc) is 3.07. The second-order valence-corrected chi connectivity index (χ2v) is 14.3. The lowest BCUT2D eigenvalue weighted by Crippen LogP contribution is -2.46. The van der Waals surface area contributed by atoms with Gasteiger partial charge in [0.2, 0.25) is 0 Å². The summed E-state index contributed by atoms with van der Waals surface area (Å²) >= 11 is 0. The van der Waals surface area contributed by atoms with Crippen molar-refractivity contribution in [1.82, 2.24) is 4.90 Å². The van der Waals surface area contributed by atoms with Gasteiger partial charge in [-0.1, -0.05) is 154 Å². The molecule has 2 unspecified atom stereocenters. The minimum atomic E-state index is -0.434. The SMILES string of the molecule is CCCCCCCC/C=C\CCCCCCCCOCC(OCCCCCCCC/C=C\CCCCCCCC)C(OC(C)=O)N(C)C. The number of carbonyl (C=O) groups excluding carboxylic acids is 1. The van der Waals surface area contributed by atoms with E-state index in [1.807, 2.05) is 19.0 Å². The number of likely N-dealkylation sites (N-methyl/N-ethyl adjacent to an activating group) is 1. The Hall–Kier alpha value is -1.17. The molecule has 0 N–H and O–H groups in total. The lowest BCUT2D eigenvalue weighted by molar-refractivity contribution is -0.177. The van der Waals surface area contributed by atoms with Crippen LogP contribution < -0.4 is 0 Å². The number of nitrogens with zero attached hydrogens (tertiary/aromatic N) is 1. The Morgan fingerprint density at radius 3 is 1.25 bits per heavy atom.